The number of anilines is 1. The summed E-state index contributed by atoms with van der Waals surface area (Å²) in [5.41, 5.74) is 4.64. The molecule has 0 unspecified atom stereocenters. The predicted molar refractivity (Wildman–Crippen MR) is 109 cm³/mol. The number of nitrogens with zero attached hydrogens (tertiary/aromatic N) is 2. The summed E-state index contributed by atoms with van der Waals surface area (Å²) in [6, 6.07) is 21.7. The summed E-state index contributed by atoms with van der Waals surface area (Å²) < 4.78 is 0. The van der Waals surface area contributed by atoms with Crippen molar-refractivity contribution in [3.05, 3.63) is 96.1 Å². The van der Waals surface area contributed by atoms with Crippen LogP contribution in [0.25, 0.3) is 6.08 Å². The monoisotopic (exact) mass is 387 g/mol. The van der Waals surface area contributed by atoms with E-state index < -0.39 is 11.9 Å². The van der Waals surface area contributed by atoms with Crippen LogP contribution in [0.4, 0.5) is 11.4 Å². The molecule has 2 N–H and O–H groups in total. The zero-order valence-corrected chi connectivity index (χ0v) is 15.2. The second-order valence-electron chi connectivity index (χ2n) is 5.87. The number of phenols is 1. The number of phenolic OH excluding ortho intramolecular Hbond substituents is 1. The molecule has 0 bridgehead atoms. The summed E-state index contributed by atoms with van der Waals surface area (Å²) in [5, 5.41) is 16.9. The Morgan fingerprint density at radius 2 is 1.69 bits per heavy atom. The van der Waals surface area contributed by atoms with E-state index in [2.05, 4.69) is 15.7 Å². The van der Waals surface area contributed by atoms with Crippen LogP contribution in [0.2, 0.25) is 0 Å². The van der Waals surface area contributed by atoms with Crippen molar-refractivity contribution in [3.63, 3.8) is 0 Å². The third kappa shape index (κ3) is 6.14. The molecule has 7 heteroatoms. The maximum Gasteiger partial charge on any atom is 0.355 e. The Balaban J connectivity index is 1.51. The van der Waals surface area contributed by atoms with Crippen LogP contribution < -0.4 is 5.48 Å². The predicted octanol–water partition coefficient (Wildman–Crippen LogP) is 4.90. The first-order valence-corrected chi connectivity index (χ1v) is 8.65. The van der Waals surface area contributed by atoms with E-state index in [1.54, 1.807) is 36.4 Å². The summed E-state index contributed by atoms with van der Waals surface area (Å²) in [7, 11) is 0. The van der Waals surface area contributed by atoms with E-state index in [9.17, 15) is 14.7 Å². The maximum absolute atomic E-state index is 11.9. The quantitative estimate of drug-likeness (QED) is 0.356. The SMILES string of the molecule is O=C(/C=C/c1ccccc1)ONc1ccc(N=NC(=O)c2cccc(O)c2)cc1. The van der Waals surface area contributed by atoms with Crippen LogP contribution in [0.1, 0.15) is 15.9 Å². The lowest BCUT2D eigenvalue weighted by atomic mass is 10.2. The molecule has 29 heavy (non-hydrogen) atoms. The van der Waals surface area contributed by atoms with Gasteiger partial charge in [0.25, 0.3) is 5.91 Å². The number of amides is 1. The lowest BCUT2D eigenvalue weighted by molar-refractivity contribution is -0.134. The molecule has 3 rings (SSSR count). The zero-order chi connectivity index (χ0) is 20.5. The van der Waals surface area contributed by atoms with Gasteiger partial charge in [-0.1, -0.05) is 36.4 Å². The molecule has 0 aliphatic carbocycles. The Bertz CT molecular complexity index is 1050. The molecule has 0 spiro atoms. The first-order valence-electron chi connectivity index (χ1n) is 8.65. The number of hydrogen-bond donors (Lipinski definition) is 2. The van der Waals surface area contributed by atoms with E-state index in [4.69, 9.17) is 4.84 Å². The number of nitrogens with one attached hydrogen (secondary N) is 1. The Morgan fingerprint density at radius 1 is 0.931 bits per heavy atom. The summed E-state index contributed by atoms with van der Waals surface area (Å²) in [4.78, 5) is 28.6. The van der Waals surface area contributed by atoms with Crippen molar-refractivity contribution in [3.8, 4) is 5.75 Å². The van der Waals surface area contributed by atoms with Gasteiger partial charge in [0.05, 0.1) is 11.4 Å². The molecule has 1 amide bonds. The fraction of sp³-hybridized carbons (Fsp3) is 0. The van der Waals surface area contributed by atoms with Crippen molar-refractivity contribution in [2.45, 2.75) is 0 Å². The molecule has 0 heterocycles. The molecule has 0 aliphatic heterocycles. The lowest BCUT2D eigenvalue weighted by Gasteiger charge is -2.04. The number of benzene rings is 3. The molecule has 0 saturated carbocycles. The van der Waals surface area contributed by atoms with Crippen molar-refractivity contribution >= 4 is 29.3 Å². The Hall–Kier alpha value is -4.26. The lowest BCUT2D eigenvalue weighted by Crippen LogP contribution is -2.07. The largest absolute Gasteiger partial charge is 0.508 e. The minimum atomic E-state index is -0.567. The van der Waals surface area contributed by atoms with Crippen molar-refractivity contribution in [1.29, 1.82) is 0 Å². The van der Waals surface area contributed by atoms with Crippen molar-refractivity contribution in [1.82, 2.24) is 0 Å². The smallest absolute Gasteiger partial charge is 0.355 e. The van der Waals surface area contributed by atoms with Crippen molar-refractivity contribution in [2.24, 2.45) is 10.2 Å². The second kappa shape index (κ2) is 9.61. The van der Waals surface area contributed by atoms with E-state index in [0.29, 0.717) is 11.4 Å². The zero-order valence-electron chi connectivity index (χ0n) is 15.2. The van der Waals surface area contributed by atoms with Crippen LogP contribution in [0, 0.1) is 0 Å². The van der Waals surface area contributed by atoms with Crippen LogP contribution >= 0.6 is 0 Å². The number of hydrogen-bond acceptors (Lipinski definition) is 6. The number of aromatic hydroxyl groups is 1. The van der Waals surface area contributed by atoms with Gasteiger partial charge < -0.3 is 9.94 Å². The number of carbonyl (C=O) groups excluding carboxylic acids is 2. The summed E-state index contributed by atoms with van der Waals surface area (Å²) in [5.74, 6) is -1.13. The highest BCUT2D eigenvalue weighted by Crippen LogP contribution is 2.18. The van der Waals surface area contributed by atoms with E-state index in [1.165, 1.54) is 24.3 Å². The minimum absolute atomic E-state index is 0.0189. The van der Waals surface area contributed by atoms with E-state index in [0.717, 1.165) is 5.56 Å². The van der Waals surface area contributed by atoms with E-state index >= 15 is 0 Å². The Labute approximate surface area is 166 Å². The number of azo groups is 1. The Morgan fingerprint density at radius 3 is 2.41 bits per heavy atom. The van der Waals surface area contributed by atoms with Crippen LogP contribution in [-0.4, -0.2) is 17.0 Å². The minimum Gasteiger partial charge on any atom is -0.508 e. The van der Waals surface area contributed by atoms with Crippen molar-refractivity contribution in [2.75, 3.05) is 5.48 Å². The molecule has 0 saturated heterocycles. The van der Waals surface area contributed by atoms with Crippen LogP contribution in [0.15, 0.2) is 95.2 Å². The second-order valence-corrected chi connectivity index (χ2v) is 5.87. The molecule has 7 nitrogen and oxygen atoms in total. The Kier molecular flexibility index (Phi) is 6.46. The van der Waals surface area contributed by atoms with Gasteiger partial charge in [-0.25, -0.2) is 10.3 Å². The van der Waals surface area contributed by atoms with Crippen LogP contribution in [0.5, 0.6) is 5.75 Å². The number of carbonyl (C=O) groups is 2. The highest BCUT2D eigenvalue weighted by Gasteiger charge is 2.05. The highest BCUT2D eigenvalue weighted by molar-refractivity contribution is 5.95. The average Bonchev–Trinajstić information content (AvgIpc) is 2.76. The van der Waals surface area contributed by atoms with Crippen molar-refractivity contribution < 1.29 is 19.5 Å². The summed E-state index contributed by atoms with van der Waals surface area (Å²) in [6.45, 7) is 0. The van der Waals surface area contributed by atoms with Gasteiger partial charge in [0.1, 0.15) is 5.75 Å². The molecular formula is C22H17N3O4. The van der Waals surface area contributed by atoms with Gasteiger partial charge in [0, 0.05) is 11.6 Å². The molecule has 0 radical (unpaired) electrons. The van der Waals surface area contributed by atoms with Crippen LogP contribution in [-0.2, 0) is 9.63 Å². The molecule has 0 fully saturated rings. The van der Waals surface area contributed by atoms with Gasteiger partial charge in [0.2, 0.25) is 0 Å². The first kappa shape index (κ1) is 19.5. The normalized spacial score (nSPS) is 10.9. The molecule has 3 aromatic carbocycles. The van der Waals surface area contributed by atoms with E-state index in [1.807, 2.05) is 30.3 Å². The van der Waals surface area contributed by atoms with Gasteiger partial charge in [-0.2, -0.15) is 0 Å². The fourth-order valence-electron chi connectivity index (χ4n) is 2.27. The summed E-state index contributed by atoms with van der Waals surface area (Å²) in [6.07, 6.45) is 2.97. The van der Waals surface area contributed by atoms with Crippen LogP contribution in [0.3, 0.4) is 0 Å². The standard InChI is InChI=1S/C22H17N3O4/c26-20-8-4-7-17(15-20)22(28)24-23-18-10-12-19(13-11-18)25-29-21(27)14-9-16-5-2-1-3-6-16/h1-15,25-26H/b14-9+,24-23?. The van der Waals surface area contributed by atoms with Gasteiger partial charge in [0.15, 0.2) is 0 Å². The molecule has 144 valence electrons. The molecule has 0 aliphatic rings. The van der Waals surface area contributed by atoms with Gasteiger partial charge in [-0.15, -0.1) is 10.2 Å². The molecular weight excluding hydrogens is 370 g/mol. The third-order valence-electron chi connectivity index (χ3n) is 3.70. The maximum atomic E-state index is 11.9. The fourth-order valence-corrected chi connectivity index (χ4v) is 2.27. The first-order chi connectivity index (χ1) is 14.1. The van der Waals surface area contributed by atoms with Gasteiger partial charge >= 0.3 is 5.97 Å². The molecule has 0 atom stereocenters. The topological polar surface area (TPSA) is 100 Å². The number of rotatable bonds is 6. The molecule has 0 aromatic heterocycles. The van der Waals surface area contributed by atoms with Gasteiger partial charge in [-0.05, 0) is 54.1 Å². The molecule has 3 aromatic rings. The highest BCUT2D eigenvalue weighted by atomic mass is 16.7. The van der Waals surface area contributed by atoms with Gasteiger partial charge in [-0.3, -0.25) is 4.79 Å². The average molecular weight is 387 g/mol. The van der Waals surface area contributed by atoms with E-state index in [-0.39, 0.29) is 11.3 Å². The summed E-state index contributed by atoms with van der Waals surface area (Å²) >= 11 is 0. The third-order valence-corrected chi connectivity index (χ3v) is 3.70.